The summed E-state index contributed by atoms with van der Waals surface area (Å²) < 4.78 is 18.9. The average Bonchev–Trinajstić information content (AvgIpc) is 3.04. The van der Waals surface area contributed by atoms with Crippen molar-refractivity contribution in [2.75, 3.05) is 18.1 Å². The summed E-state index contributed by atoms with van der Waals surface area (Å²) in [6, 6.07) is 12.5. The van der Waals surface area contributed by atoms with E-state index in [-0.39, 0.29) is 18.7 Å². The SMILES string of the molecule is NC(=O)CCN(C(=O)COC(=O)c1[nH]c2ccccc2c1Br)c1ccc(F)cc1. The third-order valence-electron chi connectivity index (χ3n) is 4.19. The van der Waals surface area contributed by atoms with E-state index in [0.29, 0.717) is 10.2 Å². The molecule has 0 saturated carbocycles. The molecule has 0 bridgehead atoms. The van der Waals surface area contributed by atoms with E-state index < -0.39 is 30.2 Å². The number of anilines is 1. The highest BCUT2D eigenvalue weighted by Gasteiger charge is 2.21. The molecular formula is C20H17BrFN3O4. The minimum absolute atomic E-state index is 0.0204. The van der Waals surface area contributed by atoms with Gasteiger partial charge in [0.2, 0.25) is 5.91 Å². The summed E-state index contributed by atoms with van der Waals surface area (Å²) in [6.45, 7) is -0.579. The summed E-state index contributed by atoms with van der Waals surface area (Å²) in [7, 11) is 0. The number of benzene rings is 2. The molecule has 29 heavy (non-hydrogen) atoms. The molecule has 0 saturated heterocycles. The fraction of sp³-hybridized carbons (Fsp3) is 0.150. The van der Waals surface area contributed by atoms with Gasteiger partial charge in [0, 0.05) is 29.6 Å². The van der Waals surface area contributed by atoms with Crippen LogP contribution >= 0.6 is 15.9 Å². The Bertz CT molecular complexity index is 1070. The molecule has 0 spiro atoms. The van der Waals surface area contributed by atoms with E-state index in [1.807, 2.05) is 24.3 Å². The zero-order valence-electron chi connectivity index (χ0n) is 15.2. The zero-order chi connectivity index (χ0) is 21.0. The first kappa shape index (κ1) is 20.5. The second-order valence-electron chi connectivity index (χ2n) is 6.17. The molecule has 1 aromatic heterocycles. The summed E-state index contributed by atoms with van der Waals surface area (Å²) >= 11 is 3.36. The van der Waals surface area contributed by atoms with Crippen LogP contribution in [0.2, 0.25) is 0 Å². The molecule has 0 atom stereocenters. The number of carbonyl (C=O) groups is 3. The maximum absolute atomic E-state index is 13.2. The van der Waals surface area contributed by atoms with Crippen molar-refractivity contribution in [3.8, 4) is 0 Å². The van der Waals surface area contributed by atoms with E-state index in [1.54, 1.807) is 0 Å². The average molecular weight is 462 g/mol. The molecule has 0 aliphatic carbocycles. The van der Waals surface area contributed by atoms with E-state index in [4.69, 9.17) is 10.5 Å². The van der Waals surface area contributed by atoms with Crippen molar-refractivity contribution >= 4 is 50.3 Å². The molecule has 0 radical (unpaired) electrons. The number of para-hydroxylation sites is 1. The van der Waals surface area contributed by atoms with Gasteiger partial charge in [0.15, 0.2) is 6.61 Å². The molecule has 2 amide bonds. The van der Waals surface area contributed by atoms with Crippen molar-refractivity contribution in [3.05, 3.63) is 64.5 Å². The van der Waals surface area contributed by atoms with Crippen molar-refractivity contribution in [3.63, 3.8) is 0 Å². The minimum atomic E-state index is -0.713. The molecule has 2 aromatic carbocycles. The van der Waals surface area contributed by atoms with Gasteiger partial charge in [-0.2, -0.15) is 0 Å². The van der Waals surface area contributed by atoms with Crippen molar-refractivity contribution in [1.29, 1.82) is 0 Å². The lowest BCUT2D eigenvalue weighted by Crippen LogP contribution is -2.37. The number of aromatic amines is 1. The lowest BCUT2D eigenvalue weighted by atomic mass is 10.2. The second-order valence-corrected chi connectivity index (χ2v) is 6.97. The van der Waals surface area contributed by atoms with Gasteiger partial charge in [-0.3, -0.25) is 9.59 Å². The Labute approximate surface area is 173 Å². The summed E-state index contributed by atoms with van der Waals surface area (Å²) in [4.78, 5) is 40.3. The van der Waals surface area contributed by atoms with Gasteiger partial charge in [-0.1, -0.05) is 18.2 Å². The Balaban J connectivity index is 1.72. The monoisotopic (exact) mass is 461 g/mol. The van der Waals surface area contributed by atoms with Crippen LogP contribution in [0, 0.1) is 5.82 Å². The Hall–Kier alpha value is -3.20. The molecule has 0 unspecified atom stereocenters. The summed E-state index contributed by atoms with van der Waals surface area (Å²) in [6.07, 6.45) is -0.0926. The summed E-state index contributed by atoms with van der Waals surface area (Å²) in [5.41, 5.74) is 6.45. The molecule has 0 aliphatic rings. The van der Waals surface area contributed by atoms with Gasteiger partial charge in [-0.05, 0) is 46.3 Å². The van der Waals surface area contributed by atoms with E-state index in [0.717, 1.165) is 10.9 Å². The third kappa shape index (κ3) is 4.80. The highest BCUT2D eigenvalue weighted by atomic mass is 79.9. The highest BCUT2D eigenvalue weighted by molar-refractivity contribution is 9.10. The molecule has 1 heterocycles. The lowest BCUT2D eigenvalue weighted by Gasteiger charge is -2.22. The van der Waals surface area contributed by atoms with E-state index in [1.165, 1.54) is 29.2 Å². The number of hydrogen-bond acceptors (Lipinski definition) is 4. The third-order valence-corrected chi connectivity index (χ3v) is 5.02. The predicted octanol–water partition coefficient (Wildman–Crippen LogP) is 3.13. The smallest absolute Gasteiger partial charge is 0.356 e. The standard InChI is InChI=1S/C20H17BrFN3O4/c21-18-14-3-1-2-4-15(14)24-19(18)20(28)29-11-17(27)25(10-9-16(23)26)13-7-5-12(22)6-8-13/h1-8,24H,9-11H2,(H2,23,26). The van der Waals surface area contributed by atoms with Crippen LogP contribution in [-0.4, -0.2) is 35.9 Å². The van der Waals surface area contributed by atoms with Gasteiger partial charge in [-0.15, -0.1) is 0 Å². The molecule has 3 rings (SSSR count). The normalized spacial score (nSPS) is 10.7. The van der Waals surface area contributed by atoms with Gasteiger partial charge >= 0.3 is 5.97 Å². The lowest BCUT2D eigenvalue weighted by molar-refractivity contribution is -0.121. The minimum Gasteiger partial charge on any atom is -0.451 e. The Morgan fingerprint density at radius 3 is 2.45 bits per heavy atom. The van der Waals surface area contributed by atoms with Crippen molar-refractivity contribution in [2.24, 2.45) is 5.73 Å². The van der Waals surface area contributed by atoms with E-state index >= 15 is 0 Å². The number of H-pyrrole nitrogens is 1. The number of nitrogens with one attached hydrogen (secondary N) is 1. The van der Waals surface area contributed by atoms with Gasteiger partial charge in [-0.25, -0.2) is 9.18 Å². The first-order valence-corrected chi connectivity index (χ1v) is 9.43. The maximum atomic E-state index is 13.2. The number of primary amides is 1. The first-order chi connectivity index (χ1) is 13.9. The number of nitrogens with two attached hydrogens (primary N) is 1. The van der Waals surface area contributed by atoms with Gasteiger partial charge in [0.25, 0.3) is 5.91 Å². The zero-order valence-corrected chi connectivity index (χ0v) is 16.7. The van der Waals surface area contributed by atoms with Crippen LogP contribution in [0.25, 0.3) is 10.9 Å². The molecule has 7 nitrogen and oxygen atoms in total. The highest BCUT2D eigenvalue weighted by Crippen LogP contribution is 2.28. The number of aromatic nitrogens is 1. The fourth-order valence-electron chi connectivity index (χ4n) is 2.77. The largest absolute Gasteiger partial charge is 0.451 e. The molecule has 150 valence electrons. The van der Waals surface area contributed by atoms with Crippen molar-refractivity contribution < 1.29 is 23.5 Å². The quantitative estimate of drug-likeness (QED) is 0.527. The van der Waals surface area contributed by atoms with Crippen molar-refractivity contribution in [1.82, 2.24) is 4.98 Å². The van der Waals surface area contributed by atoms with Crippen LogP contribution < -0.4 is 10.6 Å². The number of esters is 1. The molecule has 0 aliphatic heterocycles. The van der Waals surface area contributed by atoms with Gasteiger partial charge in [0.1, 0.15) is 11.5 Å². The number of amides is 2. The first-order valence-electron chi connectivity index (χ1n) is 8.64. The Morgan fingerprint density at radius 1 is 1.10 bits per heavy atom. The fourth-order valence-corrected chi connectivity index (χ4v) is 3.37. The van der Waals surface area contributed by atoms with Crippen LogP contribution in [0.1, 0.15) is 16.9 Å². The maximum Gasteiger partial charge on any atom is 0.356 e. The molecule has 0 fully saturated rings. The van der Waals surface area contributed by atoms with Crippen molar-refractivity contribution in [2.45, 2.75) is 6.42 Å². The molecule has 3 aromatic rings. The Morgan fingerprint density at radius 2 is 1.79 bits per heavy atom. The van der Waals surface area contributed by atoms with Gasteiger partial charge in [0.05, 0.1) is 4.47 Å². The number of rotatable bonds is 7. The van der Waals surface area contributed by atoms with Crippen LogP contribution in [0.4, 0.5) is 10.1 Å². The second kappa shape index (κ2) is 8.87. The van der Waals surface area contributed by atoms with Crippen LogP contribution in [0.3, 0.4) is 0 Å². The number of nitrogens with zero attached hydrogens (tertiary/aromatic N) is 1. The number of fused-ring (bicyclic) bond motifs is 1. The summed E-state index contributed by atoms with van der Waals surface area (Å²) in [5.74, 6) is -2.34. The van der Waals surface area contributed by atoms with Crippen LogP contribution in [-0.2, 0) is 14.3 Å². The van der Waals surface area contributed by atoms with Crippen LogP contribution in [0.15, 0.2) is 53.0 Å². The molecule has 3 N–H and O–H groups in total. The number of carbonyl (C=O) groups excluding carboxylic acids is 3. The number of hydrogen-bond donors (Lipinski definition) is 2. The predicted molar refractivity (Wildman–Crippen MR) is 109 cm³/mol. The number of ether oxygens (including phenoxy) is 1. The van der Waals surface area contributed by atoms with E-state index in [9.17, 15) is 18.8 Å². The summed E-state index contributed by atoms with van der Waals surface area (Å²) in [5, 5.41) is 0.806. The van der Waals surface area contributed by atoms with E-state index in [2.05, 4.69) is 20.9 Å². The number of halogens is 2. The molecular weight excluding hydrogens is 445 g/mol. The van der Waals surface area contributed by atoms with Crippen LogP contribution in [0.5, 0.6) is 0 Å². The molecule has 9 heteroatoms. The topological polar surface area (TPSA) is 105 Å². The van der Waals surface area contributed by atoms with Gasteiger partial charge < -0.3 is 20.4 Å². The Kier molecular flexibility index (Phi) is 6.28.